The first-order chi connectivity index (χ1) is 13.7. The molecule has 0 saturated heterocycles. The number of ether oxygens (including phenoxy) is 1. The van der Waals surface area contributed by atoms with Crippen LogP contribution in [0.5, 0.6) is 0 Å². The summed E-state index contributed by atoms with van der Waals surface area (Å²) in [6.45, 7) is 3.25. The summed E-state index contributed by atoms with van der Waals surface area (Å²) in [4.78, 5) is 27.9. The average Bonchev–Trinajstić information content (AvgIpc) is 3.01. The number of carbonyl (C=O) groups is 2. The third-order valence-corrected chi connectivity index (χ3v) is 4.45. The number of carbonyl (C=O) groups excluding carboxylic acids is 2. The Bertz CT molecular complexity index is 1080. The maximum absolute atomic E-state index is 12.8. The Kier molecular flexibility index (Phi) is 5.59. The van der Waals surface area contributed by atoms with E-state index in [2.05, 4.69) is 4.98 Å². The van der Waals surface area contributed by atoms with Crippen molar-refractivity contribution in [2.45, 2.75) is 26.1 Å². The zero-order valence-corrected chi connectivity index (χ0v) is 15.7. The molecule has 2 aromatic carbocycles. The van der Waals surface area contributed by atoms with E-state index in [0.29, 0.717) is 16.8 Å². The highest BCUT2D eigenvalue weighted by Gasteiger charge is 2.29. The topological polar surface area (TPSA) is 59.2 Å². The predicted octanol–water partition coefficient (Wildman–Crippen LogP) is 5.32. The Morgan fingerprint density at radius 3 is 2.38 bits per heavy atom. The van der Waals surface area contributed by atoms with E-state index in [1.54, 1.807) is 6.92 Å². The lowest BCUT2D eigenvalue weighted by Crippen LogP contribution is -2.24. The highest BCUT2D eigenvalue weighted by molar-refractivity contribution is 6.11. The van der Waals surface area contributed by atoms with Crippen LogP contribution in [0.4, 0.5) is 13.2 Å². The van der Waals surface area contributed by atoms with Gasteiger partial charge in [0.15, 0.2) is 6.10 Å². The number of H-pyrrole nitrogens is 1. The van der Waals surface area contributed by atoms with E-state index in [0.717, 1.165) is 29.1 Å². The van der Waals surface area contributed by atoms with Gasteiger partial charge in [0.2, 0.25) is 5.78 Å². The number of esters is 1. The van der Waals surface area contributed by atoms with Crippen LogP contribution < -0.4 is 0 Å². The quantitative estimate of drug-likeness (QED) is 0.357. The molecule has 0 aliphatic rings. The molecule has 1 heterocycles. The summed E-state index contributed by atoms with van der Waals surface area (Å²) >= 11 is 0. The van der Waals surface area contributed by atoms with Gasteiger partial charge in [-0.25, -0.2) is 4.79 Å². The van der Waals surface area contributed by atoms with E-state index in [1.165, 1.54) is 25.1 Å². The normalized spacial score (nSPS) is 13.0. The number of aromatic nitrogens is 1. The molecule has 0 unspecified atom stereocenters. The van der Waals surface area contributed by atoms with E-state index in [4.69, 9.17) is 4.74 Å². The third kappa shape index (κ3) is 4.56. The van der Waals surface area contributed by atoms with Crippen LogP contribution in [0.25, 0.3) is 17.0 Å². The number of alkyl halides is 3. The van der Waals surface area contributed by atoms with Gasteiger partial charge in [-0.15, -0.1) is 0 Å². The molecule has 3 rings (SSSR count). The summed E-state index contributed by atoms with van der Waals surface area (Å²) in [6, 6.07) is 11.7. The standard InChI is InChI=1S/C22H18F3NO3/c1-13-20(17-5-3-4-6-18(17)26-13)21(28)14(2)29-19(27)12-9-15-7-10-16(11-8-15)22(23,24)25/h3-12,14,26H,1-2H3/b12-9+/t14-/m1/s1. The van der Waals surface area contributed by atoms with Gasteiger partial charge in [-0.1, -0.05) is 30.3 Å². The number of fused-ring (bicyclic) bond motifs is 1. The fraction of sp³-hybridized carbons (Fsp3) is 0.182. The zero-order chi connectivity index (χ0) is 21.2. The van der Waals surface area contributed by atoms with Gasteiger partial charge in [0.05, 0.1) is 5.56 Å². The van der Waals surface area contributed by atoms with Crippen LogP contribution in [0.2, 0.25) is 0 Å². The predicted molar refractivity (Wildman–Crippen MR) is 103 cm³/mol. The molecule has 150 valence electrons. The van der Waals surface area contributed by atoms with Crippen molar-refractivity contribution in [3.8, 4) is 0 Å². The molecule has 1 atom stereocenters. The summed E-state index contributed by atoms with van der Waals surface area (Å²) in [7, 11) is 0. The van der Waals surface area contributed by atoms with E-state index in [-0.39, 0.29) is 5.78 Å². The Labute approximate surface area is 165 Å². The van der Waals surface area contributed by atoms with E-state index >= 15 is 0 Å². The number of nitrogens with one attached hydrogen (secondary N) is 1. The molecular formula is C22H18F3NO3. The summed E-state index contributed by atoms with van der Waals surface area (Å²) in [6.07, 6.45) is -3.03. The Hall–Kier alpha value is -3.35. The second kappa shape index (κ2) is 7.95. The van der Waals surface area contributed by atoms with Gasteiger partial charge in [0.1, 0.15) is 0 Å². The Balaban J connectivity index is 1.67. The molecule has 4 nitrogen and oxygen atoms in total. The molecule has 0 aliphatic carbocycles. The first kappa shape index (κ1) is 20.4. The van der Waals surface area contributed by atoms with Crippen molar-refractivity contribution in [2.75, 3.05) is 0 Å². The minimum absolute atomic E-state index is 0.337. The van der Waals surface area contributed by atoms with Crippen LogP contribution in [0.3, 0.4) is 0 Å². The summed E-state index contributed by atoms with van der Waals surface area (Å²) < 4.78 is 42.9. The lowest BCUT2D eigenvalue weighted by molar-refractivity contribution is -0.140. The molecule has 0 spiro atoms. The van der Waals surface area contributed by atoms with Crippen molar-refractivity contribution in [1.29, 1.82) is 0 Å². The van der Waals surface area contributed by atoms with Crippen molar-refractivity contribution in [3.63, 3.8) is 0 Å². The highest BCUT2D eigenvalue weighted by atomic mass is 19.4. The molecule has 0 saturated carbocycles. The largest absolute Gasteiger partial charge is 0.451 e. The number of hydrogen-bond donors (Lipinski definition) is 1. The van der Waals surface area contributed by atoms with Crippen LogP contribution >= 0.6 is 0 Å². The SMILES string of the molecule is Cc1[nH]c2ccccc2c1C(=O)[C@@H](C)OC(=O)/C=C/c1ccc(C(F)(F)F)cc1. The van der Waals surface area contributed by atoms with Gasteiger partial charge in [0.25, 0.3) is 0 Å². The number of para-hydroxylation sites is 1. The second-order valence-electron chi connectivity index (χ2n) is 6.57. The van der Waals surface area contributed by atoms with Crippen LogP contribution in [-0.4, -0.2) is 22.8 Å². The molecule has 7 heteroatoms. The van der Waals surface area contributed by atoms with Gasteiger partial charge in [-0.3, -0.25) is 4.79 Å². The number of aryl methyl sites for hydroxylation is 1. The smallest absolute Gasteiger partial charge is 0.416 e. The summed E-state index contributed by atoms with van der Waals surface area (Å²) in [5.74, 6) is -1.10. The summed E-state index contributed by atoms with van der Waals surface area (Å²) in [5.41, 5.74) is 1.59. The van der Waals surface area contributed by atoms with Crippen molar-refractivity contribution in [1.82, 2.24) is 4.98 Å². The van der Waals surface area contributed by atoms with Gasteiger partial charge in [-0.2, -0.15) is 13.2 Å². The second-order valence-corrected chi connectivity index (χ2v) is 6.57. The molecular weight excluding hydrogens is 383 g/mol. The minimum atomic E-state index is -4.42. The van der Waals surface area contributed by atoms with Crippen molar-refractivity contribution >= 4 is 28.7 Å². The number of rotatable bonds is 5. The molecule has 1 N–H and O–H groups in total. The Morgan fingerprint density at radius 2 is 1.72 bits per heavy atom. The van der Waals surface area contributed by atoms with Gasteiger partial charge in [0, 0.05) is 28.2 Å². The van der Waals surface area contributed by atoms with E-state index in [9.17, 15) is 22.8 Å². The maximum atomic E-state index is 12.8. The van der Waals surface area contributed by atoms with Crippen molar-refractivity contribution in [3.05, 3.63) is 77.0 Å². The van der Waals surface area contributed by atoms with Crippen LogP contribution in [0.15, 0.2) is 54.6 Å². The average molecular weight is 401 g/mol. The highest BCUT2D eigenvalue weighted by Crippen LogP contribution is 2.29. The lowest BCUT2D eigenvalue weighted by Gasteiger charge is -2.11. The number of Topliss-reactive ketones (excluding diaryl/α,β-unsaturated/α-hetero) is 1. The number of benzene rings is 2. The lowest BCUT2D eigenvalue weighted by atomic mass is 10.0. The number of ketones is 1. The minimum Gasteiger partial charge on any atom is -0.451 e. The molecule has 0 aliphatic heterocycles. The molecule has 0 radical (unpaired) electrons. The van der Waals surface area contributed by atoms with Gasteiger partial charge in [-0.05, 0) is 43.7 Å². The summed E-state index contributed by atoms with van der Waals surface area (Å²) in [5, 5.41) is 0.748. The van der Waals surface area contributed by atoms with Crippen molar-refractivity contribution in [2.24, 2.45) is 0 Å². The third-order valence-electron chi connectivity index (χ3n) is 4.45. The number of hydrogen-bond acceptors (Lipinski definition) is 3. The van der Waals surface area contributed by atoms with E-state index < -0.39 is 23.8 Å². The fourth-order valence-corrected chi connectivity index (χ4v) is 3.01. The van der Waals surface area contributed by atoms with Crippen LogP contribution in [0.1, 0.15) is 34.1 Å². The number of halogens is 3. The maximum Gasteiger partial charge on any atom is 0.416 e. The Morgan fingerprint density at radius 1 is 1.07 bits per heavy atom. The molecule has 0 amide bonds. The zero-order valence-electron chi connectivity index (χ0n) is 15.7. The first-order valence-corrected chi connectivity index (χ1v) is 8.84. The first-order valence-electron chi connectivity index (χ1n) is 8.84. The fourth-order valence-electron chi connectivity index (χ4n) is 3.01. The monoisotopic (exact) mass is 401 g/mol. The molecule has 1 aromatic heterocycles. The molecule has 0 fully saturated rings. The molecule has 3 aromatic rings. The van der Waals surface area contributed by atoms with Crippen LogP contribution in [-0.2, 0) is 15.7 Å². The molecule has 29 heavy (non-hydrogen) atoms. The number of aromatic amines is 1. The van der Waals surface area contributed by atoms with E-state index in [1.807, 2.05) is 24.3 Å². The molecule has 0 bridgehead atoms. The van der Waals surface area contributed by atoms with Gasteiger partial charge < -0.3 is 9.72 Å². The van der Waals surface area contributed by atoms with Crippen molar-refractivity contribution < 1.29 is 27.5 Å². The van der Waals surface area contributed by atoms with Crippen LogP contribution in [0, 0.1) is 6.92 Å². The van der Waals surface area contributed by atoms with Gasteiger partial charge >= 0.3 is 12.1 Å².